The van der Waals surface area contributed by atoms with Gasteiger partial charge in [-0.3, -0.25) is 0 Å². The zero-order chi connectivity index (χ0) is 10.8. The van der Waals surface area contributed by atoms with E-state index in [1.807, 2.05) is 18.2 Å². The third kappa shape index (κ3) is 1.53. The highest BCUT2D eigenvalue weighted by Crippen LogP contribution is 2.17. The van der Waals surface area contributed by atoms with Crippen LogP contribution in [0, 0.1) is 18.3 Å². The molecule has 0 amide bonds. The van der Waals surface area contributed by atoms with Crippen LogP contribution in [-0.4, -0.2) is 15.0 Å². The lowest BCUT2D eigenvalue weighted by Gasteiger charge is -2.03. The Bertz CT molecular complexity index is 498. The second-order valence-electron chi connectivity index (χ2n) is 3.09. The average Bonchev–Trinajstić information content (AvgIpc) is 2.69. The minimum atomic E-state index is 0.217. The molecule has 0 aliphatic carbocycles. The van der Waals surface area contributed by atoms with Gasteiger partial charge in [0.15, 0.2) is 5.82 Å². The molecule has 2 rings (SSSR count). The Morgan fingerprint density at radius 2 is 2.27 bits per heavy atom. The van der Waals surface area contributed by atoms with Crippen LogP contribution in [-0.2, 0) is 0 Å². The topological polar surface area (TPSA) is 91.4 Å². The molecule has 0 aliphatic rings. The molecular formula is C10H9N5. The van der Waals surface area contributed by atoms with Gasteiger partial charge < -0.3 is 10.7 Å². The molecule has 5 heteroatoms. The van der Waals surface area contributed by atoms with Gasteiger partial charge in [-0.1, -0.05) is 0 Å². The van der Waals surface area contributed by atoms with E-state index in [1.54, 1.807) is 13.1 Å². The summed E-state index contributed by atoms with van der Waals surface area (Å²) in [5.74, 6) is 0.726. The van der Waals surface area contributed by atoms with Gasteiger partial charge in [0.25, 0.3) is 0 Å². The summed E-state index contributed by atoms with van der Waals surface area (Å²) in [6.07, 6.45) is 1.78. The summed E-state index contributed by atoms with van der Waals surface area (Å²) in [6.45, 7) is 1.74. The highest BCUT2D eigenvalue weighted by Gasteiger charge is 2.09. The van der Waals surface area contributed by atoms with Crippen molar-refractivity contribution in [1.29, 1.82) is 5.26 Å². The molecule has 0 unspecified atom stereocenters. The first-order valence-electron chi connectivity index (χ1n) is 4.40. The number of nitrogens with two attached hydrogens (primary N) is 1. The number of nitrogen functional groups attached to an aromatic ring is 1. The SMILES string of the molecule is Cc1nc(-c2ccc[nH]2)nc(N)c1C#N. The van der Waals surface area contributed by atoms with Crippen LogP contribution < -0.4 is 5.73 Å². The van der Waals surface area contributed by atoms with Gasteiger partial charge in [-0.05, 0) is 19.1 Å². The summed E-state index contributed by atoms with van der Waals surface area (Å²) < 4.78 is 0. The van der Waals surface area contributed by atoms with Crippen LogP contribution in [0.5, 0.6) is 0 Å². The van der Waals surface area contributed by atoms with E-state index >= 15 is 0 Å². The minimum absolute atomic E-state index is 0.217. The molecule has 0 bridgehead atoms. The normalized spacial score (nSPS) is 9.87. The molecule has 2 heterocycles. The maximum atomic E-state index is 8.80. The van der Waals surface area contributed by atoms with Crippen molar-refractivity contribution in [3.8, 4) is 17.6 Å². The highest BCUT2D eigenvalue weighted by atomic mass is 15.0. The van der Waals surface area contributed by atoms with Gasteiger partial charge in [0.05, 0.1) is 11.4 Å². The third-order valence-corrected chi connectivity index (χ3v) is 2.07. The van der Waals surface area contributed by atoms with Crippen molar-refractivity contribution in [1.82, 2.24) is 15.0 Å². The molecule has 0 spiro atoms. The van der Waals surface area contributed by atoms with E-state index < -0.39 is 0 Å². The van der Waals surface area contributed by atoms with E-state index in [-0.39, 0.29) is 5.82 Å². The summed E-state index contributed by atoms with van der Waals surface area (Å²) in [6, 6.07) is 5.67. The van der Waals surface area contributed by atoms with E-state index in [1.165, 1.54) is 0 Å². The van der Waals surface area contributed by atoms with Crippen molar-refractivity contribution in [3.05, 3.63) is 29.6 Å². The van der Waals surface area contributed by atoms with E-state index in [2.05, 4.69) is 15.0 Å². The van der Waals surface area contributed by atoms with Gasteiger partial charge in [0.2, 0.25) is 0 Å². The number of nitrogens with one attached hydrogen (secondary N) is 1. The van der Waals surface area contributed by atoms with Crippen LogP contribution in [0.3, 0.4) is 0 Å². The molecule has 74 valence electrons. The molecule has 0 aromatic carbocycles. The summed E-state index contributed by atoms with van der Waals surface area (Å²) in [5, 5.41) is 8.80. The fraction of sp³-hybridized carbons (Fsp3) is 0.100. The zero-order valence-corrected chi connectivity index (χ0v) is 8.15. The molecule has 0 atom stereocenters. The molecule has 0 radical (unpaired) electrons. The number of aromatic amines is 1. The second kappa shape index (κ2) is 3.42. The molecule has 15 heavy (non-hydrogen) atoms. The van der Waals surface area contributed by atoms with Crippen molar-refractivity contribution >= 4 is 5.82 Å². The number of aromatic nitrogens is 3. The van der Waals surface area contributed by atoms with Crippen LogP contribution in [0.25, 0.3) is 11.5 Å². The molecule has 0 aliphatic heterocycles. The molecule has 2 aromatic heterocycles. The number of hydrogen-bond acceptors (Lipinski definition) is 4. The molecule has 0 saturated heterocycles. The first-order valence-corrected chi connectivity index (χ1v) is 4.40. The van der Waals surface area contributed by atoms with E-state index in [0.717, 1.165) is 5.69 Å². The molecule has 0 fully saturated rings. The summed E-state index contributed by atoms with van der Waals surface area (Å²) in [4.78, 5) is 11.2. The van der Waals surface area contributed by atoms with Gasteiger partial charge in [-0.25, -0.2) is 9.97 Å². The van der Waals surface area contributed by atoms with Crippen molar-refractivity contribution in [2.45, 2.75) is 6.92 Å². The van der Waals surface area contributed by atoms with E-state index in [0.29, 0.717) is 17.1 Å². The van der Waals surface area contributed by atoms with Crippen molar-refractivity contribution in [3.63, 3.8) is 0 Å². The van der Waals surface area contributed by atoms with Gasteiger partial charge in [-0.15, -0.1) is 0 Å². The average molecular weight is 199 g/mol. The fourth-order valence-corrected chi connectivity index (χ4v) is 1.32. The number of rotatable bonds is 1. The number of anilines is 1. The number of nitriles is 1. The smallest absolute Gasteiger partial charge is 0.178 e. The Labute approximate surface area is 86.6 Å². The maximum Gasteiger partial charge on any atom is 0.178 e. The Morgan fingerprint density at radius 1 is 1.47 bits per heavy atom. The van der Waals surface area contributed by atoms with Gasteiger partial charge >= 0.3 is 0 Å². The Hall–Kier alpha value is -2.35. The number of nitrogens with zero attached hydrogens (tertiary/aromatic N) is 3. The molecule has 0 saturated carbocycles. The monoisotopic (exact) mass is 199 g/mol. The first kappa shape index (κ1) is 9.21. The Morgan fingerprint density at radius 3 is 2.80 bits per heavy atom. The van der Waals surface area contributed by atoms with Gasteiger partial charge in [0, 0.05) is 6.20 Å². The molecule has 5 nitrogen and oxygen atoms in total. The third-order valence-electron chi connectivity index (χ3n) is 2.07. The Balaban J connectivity index is 2.59. The zero-order valence-electron chi connectivity index (χ0n) is 8.15. The standard InChI is InChI=1S/C10H9N5/c1-6-7(5-11)9(12)15-10(14-6)8-3-2-4-13-8/h2-4,13H,1H3,(H2,12,14,15). The highest BCUT2D eigenvalue weighted by molar-refractivity contribution is 5.58. The lowest BCUT2D eigenvalue weighted by atomic mass is 10.2. The lowest BCUT2D eigenvalue weighted by molar-refractivity contribution is 1.09. The predicted molar refractivity (Wildman–Crippen MR) is 55.7 cm³/mol. The lowest BCUT2D eigenvalue weighted by Crippen LogP contribution is -2.02. The van der Waals surface area contributed by atoms with Gasteiger partial charge in [0.1, 0.15) is 17.5 Å². The summed E-state index contributed by atoms with van der Waals surface area (Å²) in [5.41, 5.74) is 7.37. The minimum Gasteiger partial charge on any atom is -0.382 e. The summed E-state index contributed by atoms with van der Waals surface area (Å²) >= 11 is 0. The number of H-pyrrole nitrogens is 1. The van der Waals surface area contributed by atoms with Crippen molar-refractivity contribution in [2.75, 3.05) is 5.73 Å². The van der Waals surface area contributed by atoms with E-state index in [9.17, 15) is 0 Å². The second-order valence-corrected chi connectivity index (χ2v) is 3.09. The van der Waals surface area contributed by atoms with Gasteiger partial charge in [-0.2, -0.15) is 5.26 Å². The van der Waals surface area contributed by atoms with Crippen molar-refractivity contribution in [2.24, 2.45) is 0 Å². The summed E-state index contributed by atoms with van der Waals surface area (Å²) in [7, 11) is 0. The quantitative estimate of drug-likeness (QED) is 0.722. The Kier molecular flexibility index (Phi) is 2.10. The molecule has 3 N–H and O–H groups in total. The first-order chi connectivity index (χ1) is 7.22. The number of aryl methyl sites for hydroxylation is 1. The van der Waals surface area contributed by atoms with Crippen LogP contribution in [0.4, 0.5) is 5.82 Å². The van der Waals surface area contributed by atoms with Crippen LogP contribution >= 0.6 is 0 Å². The van der Waals surface area contributed by atoms with Crippen LogP contribution in [0.1, 0.15) is 11.3 Å². The molecule has 2 aromatic rings. The van der Waals surface area contributed by atoms with E-state index in [4.69, 9.17) is 11.0 Å². The maximum absolute atomic E-state index is 8.80. The molecular weight excluding hydrogens is 190 g/mol. The predicted octanol–water partition coefficient (Wildman–Crippen LogP) is 1.23. The number of hydrogen-bond donors (Lipinski definition) is 2. The fourth-order valence-electron chi connectivity index (χ4n) is 1.32. The van der Waals surface area contributed by atoms with Crippen LogP contribution in [0.2, 0.25) is 0 Å². The largest absolute Gasteiger partial charge is 0.382 e. The van der Waals surface area contributed by atoms with Crippen molar-refractivity contribution < 1.29 is 0 Å². The van der Waals surface area contributed by atoms with Crippen LogP contribution in [0.15, 0.2) is 18.3 Å².